The summed E-state index contributed by atoms with van der Waals surface area (Å²) in [4.78, 5) is 11.1. The fourth-order valence-electron chi connectivity index (χ4n) is 1.13. The van der Waals surface area contributed by atoms with Gasteiger partial charge in [0.2, 0.25) is 0 Å². The Kier molecular flexibility index (Phi) is 9.49. The zero-order valence-corrected chi connectivity index (χ0v) is 11.4. The van der Waals surface area contributed by atoms with E-state index in [-0.39, 0.29) is 5.69 Å². The Morgan fingerprint density at radius 2 is 1.63 bits per heavy atom. The smallest absolute Gasteiger partial charge is 0.398 e. The van der Waals surface area contributed by atoms with Crippen LogP contribution in [-0.2, 0) is 6.18 Å². The lowest BCUT2D eigenvalue weighted by molar-refractivity contribution is -0.137. The van der Waals surface area contributed by atoms with Crippen molar-refractivity contribution in [2.45, 2.75) is 33.9 Å². The van der Waals surface area contributed by atoms with Crippen molar-refractivity contribution in [1.82, 2.24) is 5.43 Å². The number of amides is 1. The SMILES string of the molecule is CC.CC.NNC(=O)c1c(N)cccc1C(F)(F)F. The minimum absolute atomic E-state index is 0.271. The van der Waals surface area contributed by atoms with Crippen molar-refractivity contribution in [1.29, 1.82) is 0 Å². The van der Waals surface area contributed by atoms with Gasteiger partial charge in [-0.3, -0.25) is 10.2 Å². The summed E-state index contributed by atoms with van der Waals surface area (Å²) < 4.78 is 37.3. The number of anilines is 1. The maximum absolute atomic E-state index is 12.4. The maximum atomic E-state index is 12.4. The fourth-order valence-corrected chi connectivity index (χ4v) is 1.13. The van der Waals surface area contributed by atoms with Gasteiger partial charge in [-0.25, -0.2) is 5.84 Å². The second kappa shape index (κ2) is 9.21. The average molecular weight is 279 g/mol. The Bertz CT molecular complexity index is 392. The van der Waals surface area contributed by atoms with Crippen LogP contribution in [0.3, 0.4) is 0 Å². The topological polar surface area (TPSA) is 81.1 Å². The summed E-state index contributed by atoms with van der Waals surface area (Å²) >= 11 is 0. The number of carbonyl (C=O) groups is 1. The predicted molar refractivity (Wildman–Crippen MR) is 70.2 cm³/mol. The molecule has 0 bridgehead atoms. The molecular formula is C12H20F3N3O. The van der Waals surface area contributed by atoms with Crippen molar-refractivity contribution in [3.05, 3.63) is 29.3 Å². The Morgan fingerprint density at radius 3 is 2.00 bits per heavy atom. The highest BCUT2D eigenvalue weighted by Crippen LogP contribution is 2.33. The average Bonchev–Trinajstić information content (AvgIpc) is 2.41. The van der Waals surface area contributed by atoms with E-state index in [2.05, 4.69) is 0 Å². The second-order valence-corrected chi connectivity index (χ2v) is 2.74. The number of nitrogens with two attached hydrogens (primary N) is 2. The number of nitrogen functional groups attached to an aromatic ring is 2. The number of alkyl halides is 3. The van der Waals surface area contributed by atoms with Crippen molar-refractivity contribution >= 4 is 11.6 Å². The summed E-state index contributed by atoms with van der Waals surface area (Å²) in [5.41, 5.74) is 4.86. The first-order chi connectivity index (χ1) is 8.88. The first kappa shape index (κ1) is 19.6. The van der Waals surface area contributed by atoms with E-state index in [1.807, 2.05) is 27.7 Å². The molecule has 0 aliphatic carbocycles. The first-order valence-electron chi connectivity index (χ1n) is 5.84. The minimum atomic E-state index is -4.64. The van der Waals surface area contributed by atoms with Crippen LogP contribution in [0.4, 0.5) is 18.9 Å². The quantitative estimate of drug-likeness (QED) is 0.320. The van der Waals surface area contributed by atoms with E-state index < -0.39 is 23.2 Å². The highest BCUT2D eigenvalue weighted by atomic mass is 19.4. The van der Waals surface area contributed by atoms with E-state index in [0.717, 1.165) is 12.1 Å². The van der Waals surface area contributed by atoms with Crippen LogP contribution in [0.5, 0.6) is 0 Å². The van der Waals surface area contributed by atoms with Gasteiger partial charge in [-0.2, -0.15) is 13.2 Å². The molecule has 19 heavy (non-hydrogen) atoms. The maximum Gasteiger partial charge on any atom is 0.417 e. The monoisotopic (exact) mass is 279 g/mol. The van der Waals surface area contributed by atoms with Crippen LogP contribution in [0.25, 0.3) is 0 Å². The van der Waals surface area contributed by atoms with Crippen molar-refractivity contribution in [3.8, 4) is 0 Å². The number of halogens is 3. The molecule has 0 saturated carbocycles. The van der Waals surface area contributed by atoms with Crippen molar-refractivity contribution < 1.29 is 18.0 Å². The van der Waals surface area contributed by atoms with Gasteiger partial charge in [-0.1, -0.05) is 33.8 Å². The number of nitrogens with one attached hydrogen (secondary N) is 1. The normalized spacial score (nSPS) is 9.47. The molecule has 0 atom stereocenters. The number of hydrogen-bond acceptors (Lipinski definition) is 3. The van der Waals surface area contributed by atoms with E-state index >= 15 is 0 Å². The summed E-state index contributed by atoms with van der Waals surface area (Å²) in [5.74, 6) is 3.69. The van der Waals surface area contributed by atoms with Crippen LogP contribution in [0.1, 0.15) is 43.6 Å². The minimum Gasteiger partial charge on any atom is -0.398 e. The highest BCUT2D eigenvalue weighted by Gasteiger charge is 2.35. The highest BCUT2D eigenvalue weighted by molar-refractivity contribution is 6.00. The van der Waals surface area contributed by atoms with Crippen LogP contribution in [-0.4, -0.2) is 5.91 Å². The standard InChI is InChI=1S/C8H8F3N3O.2C2H6/c9-8(10,11)4-2-1-3-5(12)6(4)7(15)14-13;2*1-2/h1-3H,12-13H2,(H,14,15);2*1-2H3. The molecule has 0 saturated heterocycles. The molecule has 0 radical (unpaired) electrons. The van der Waals surface area contributed by atoms with E-state index in [1.54, 1.807) is 5.43 Å². The largest absolute Gasteiger partial charge is 0.417 e. The molecule has 1 amide bonds. The van der Waals surface area contributed by atoms with Gasteiger partial charge in [-0.05, 0) is 12.1 Å². The molecular weight excluding hydrogens is 259 g/mol. The summed E-state index contributed by atoms with van der Waals surface area (Å²) in [5, 5.41) is 0. The molecule has 110 valence electrons. The molecule has 1 rings (SSSR count). The van der Waals surface area contributed by atoms with Crippen LogP contribution in [0.2, 0.25) is 0 Å². The molecule has 0 unspecified atom stereocenters. The van der Waals surface area contributed by atoms with Crippen molar-refractivity contribution in [2.24, 2.45) is 5.84 Å². The van der Waals surface area contributed by atoms with Crippen LogP contribution in [0, 0.1) is 0 Å². The van der Waals surface area contributed by atoms with Crippen molar-refractivity contribution in [3.63, 3.8) is 0 Å². The number of hydrogen-bond donors (Lipinski definition) is 3. The summed E-state index contributed by atoms with van der Waals surface area (Å²) in [7, 11) is 0. The molecule has 0 aromatic heterocycles. The zero-order valence-electron chi connectivity index (χ0n) is 11.4. The summed E-state index contributed by atoms with van der Waals surface area (Å²) in [6.45, 7) is 8.00. The predicted octanol–water partition coefficient (Wildman–Crippen LogP) is 2.94. The Hall–Kier alpha value is -1.76. The molecule has 4 nitrogen and oxygen atoms in total. The molecule has 0 fully saturated rings. The lowest BCUT2D eigenvalue weighted by atomic mass is 10.0. The van der Waals surface area contributed by atoms with Gasteiger partial charge in [0.15, 0.2) is 0 Å². The van der Waals surface area contributed by atoms with Gasteiger partial charge >= 0.3 is 6.18 Å². The van der Waals surface area contributed by atoms with E-state index in [1.165, 1.54) is 6.07 Å². The lowest BCUT2D eigenvalue weighted by Crippen LogP contribution is -2.32. The van der Waals surface area contributed by atoms with E-state index in [4.69, 9.17) is 11.6 Å². The third kappa shape index (κ3) is 5.60. The van der Waals surface area contributed by atoms with Gasteiger partial charge in [0, 0.05) is 5.69 Å². The van der Waals surface area contributed by atoms with E-state index in [0.29, 0.717) is 0 Å². The number of hydrazine groups is 1. The van der Waals surface area contributed by atoms with Gasteiger partial charge in [0.25, 0.3) is 5.91 Å². The first-order valence-corrected chi connectivity index (χ1v) is 5.84. The summed E-state index contributed by atoms with van der Waals surface area (Å²) in [6, 6.07) is 3.08. The molecule has 1 aromatic rings. The Morgan fingerprint density at radius 1 is 1.16 bits per heavy atom. The molecule has 0 spiro atoms. The van der Waals surface area contributed by atoms with Gasteiger partial charge in [-0.15, -0.1) is 0 Å². The number of benzene rings is 1. The van der Waals surface area contributed by atoms with Crippen LogP contribution in [0.15, 0.2) is 18.2 Å². The van der Waals surface area contributed by atoms with E-state index in [9.17, 15) is 18.0 Å². The third-order valence-electron chi connectivity index (χ3n) is 1.76. The number of rotatable bonds is 1. The second-order valence-electron chi connectivity index (χ2n) is 2.74. The molecule has 1 aromatic carbocycles. The van der Waals surface area contributed by atoms with Crippen molar-refractivity contribution in [2.75, 3.05) is 5.73 Å². The zero-order chi connectivity index (χ0) is 15.6. The van der Waals surface area contributed by atoms with Crippen LogP contribution < -0.4 is 17.0 Å². The van der Waals surface area contributed by atoms with Gasteiger partial charge in [0.05, 0.1) is 11.1 Å². The lowest BCUT2D eigenvalue weighted by Gasteiger charge is -2.13. The van der Waals surface area contributed by atoms with Gasteiger partial charge < -0.3 is 5.73 Å². The third-order valence-corrected chi connectivity index (χ3v) is 1.76. The van der Waals surface area contributed by atoms with Gasteiger partial charge in [0.1, 0.15) is 0 Å². The summed E-state index contributed by atoms with van der Waals surface area (Å²) in [6.07, 6.45) is -4.64. The molecule has 5 N–H and O–H groups in total. The number of carbonyl (C=O) groups excluding carboxylic acids is 1. The molecule has 7 heteroatoms. The Balaban J connectivity index is 0. The van der Waals surface area contributed by atoms with Crippen LogP contribution >= 0.6 is 0 Å². The molecule has 0 aliphatic rings. The fraction of sp³-hybridized carbons (Fsp3) is 0.417. The molecule has 0 aliphatic heterocycles. The Labute approximate surface area is 110 Å². The molecule has 0 heterocycles.